The normalized spacial score (nSPS) is 21.2. The van der Waals surface area contributed by atoms with Gasteiger partial charge >= 0.3 is 0 Å². The van der Waals surface area contributed by atoms with Crippen LogP contribution in [0.25, 0.3) is 0 Å². The first-order chi connectivity index (χ1) is 11.8. The Bertz CT molecular complexity index is 720. The Morgan fingerprint density at radius 1 is 1.12 bits per heavy atom. The Morgan fingerprint density at radius 2 is 2.04 bits per heavy atom. The van der Waals surface area contributed by atoms with E-state index in [1.807, 2.05) is 12.1 Å². The average molecular weight is 325 g/mol. The van der Waals surface area contributed by atoms with Crippen molar-refractivity contribution in [3.05, 3.63) is 47.4 Å². The van der Waals surface area contributed by atoms with Gasteiger partial charge in [-0.05, 0) is 43.4 Å². The molecule has 0 radical (unpaired) electrons. The van der Waals surface area contributed by atoms with Gasteiger partial charge in [-0.3, -0.25) is 0 Å². The summed E-state index contributed by atoms with van der Waals surface area (Å²) in [7, 11) is 0. The molecular formula is C19H23N3O2. The lowest BCUT2D eigenvalue weighted by Gasteiger charge is -2.35. The standard InChI is InChI=1S/C19H23N3O2/c23-15-6-4-5-14(11-15)18-12-22(9-10-24-18)19-16-7-2-1-3-8-17(16)20-13-21-19/h4-6,11,13,18,23H,1-3,7-10,12H2. The highest BCUT2D eigenvalue weighted by Gasteiger charge is 2.26. The maximum atomic E-state index is 9.73. The van der Waals surface area contributed by atoms with Crippen LogP contribution >= 0.6 is 0 Å². The van der Waals surface area contributed by atoms with E-state index in [0.717, 1.165) is 37.3 Å². The lowest BCUT2D eigenvalue weighted by Crippen LogP contribution is -2.39. The SMILES string of the molecule is Oc1cccc(C2CN(c3ncnc4c3CCCCC4)CCO2)c1. The Kier molecular flexibility index (Phi) is 4.34. The maximum Gasteiger partial charge on any atom is 0.135 e. The number of hydrogen-bond acceptors (Lipinski definition) is 5. The molecule has 2 aliphatic rings. The van der Waals surface area contributed by atoms with Crippen LogP contribution in [-0.4, -0.2) is 34.8 Å². The summed E-state index contributed by atoms with van der Waals surface area (Å²) < 4.78 is 5.94. The van der Waals surface area contributed by atoms with Gasteiger partial charge < -0.3 is 14.7 Å². The molecule has 1 aromatic heterocycles. The van der Waals surface area contributed by atoms with Crippen LogP contribution in [-0.2, 0) is 17.6 Å². The van der Waals surface area contributed by atoms with Crippen LogP contribution in [0.5, 0.6) is 5.75 Å². The molecule has 2 heterocycles. The van der Waals surface area contributed by atoms with E-state index in [9.17, 15) is 5.11 Å². The van der Waals surface area contributed by atoms with Gasteiger partial charge in [0.05, 0.1) is 6.61 Å². The molecule has 5 heteroatoms. The molecule has 1 N–H and O–H groups in total. The van der Waals surface area contributed by atoms with Gasteiger partial charge in [-0.15, -0.1) is 0 Å². The first kappa shape index (κ1) is 15.4. The van der Waals surface area contributed by atoms with Gasteiger partial charge in [0.1, 0.15) is 24.0 Å². The molecule has 0 spiro atoms. The van der Waals surface area contributed by atoms with E-state index < -0.39 is 0 Å². The molecule has 24 heavy (non-hydrogen) atoms. The smallest absolute Gasteiger partial charge is 0.135 e. The fourth-order valence-corrected chi connectivity index (χ4v) is 3.72. The van der Waals surface area contributed by atoms with E-state index in [-0.39, 0.29) is 11.9 Å². The number of aromatic hydroxyl groups is 1. The second-order valence-corrected chi connectivity index (χ2v) is 6.58. The summed E-state index contributed by atoms with van der Waals surface area (Å²) >= 11 is 0. The van der Waals surface area contributed by atoms with Crippen LogP contribution in [0.4, 0.5) is 5.82 Å². The van der Waals surface area contributed by atoms with Gasteiger partial charge in [0, 0.05) is 24.3 Å². The summed E-state index contributed by atoms with van der Waals surface area (Å²) in [5.74, 6) is 1.36. The van der Waals surface area contributed by atoms with Crippen molar-refractivity contribution < 1.29 is 9.84 Å². The number of ether oxygens (including phenoxy) is 1. The predicted octanol–water partition coefficient (Wildman–Crippen LogP) is 3.03. The molecule has 1 aliphatic heterocycles. The molecule has 0 saturated carbocycles. The Balaban J connectivity index is 1.61. The summed E-state index contributed by atoms with van der Waals surface area (Å²) in [5.41, 5.74) is 3.56. The van der Waals surface area contributed by atoms with Gasteiger partial charge in [0.2, 0.25) is 0 Å². The van der Waals surface area contributed by atoms with Crippen LogP contribution in [0.15, 0.2) is 30.6 Å². The number of phenols is 1. The zero-order valence-corrected chi connectivity index (χ0v) is 13.8. The fourth-order valence-electron chi connectivity index (χ4n) is 3.72. The van der Waals surface area contributed by atoms with Crippen molar-refractivity contribution in [1.82, 2.24) is 9.97 Å². The minimum absolute atomic E-state index is 0.0396. The van der Waals surface area contributed by atoms with Crippen molar-refractivity contribution in [2.45, 2.75) is 38.2 Å². The van der Waals surface area contributed by atoms with Gasteiger partial charge in [0.25, 0.3) is 0 Å². The Morgan fingerprint density at radius 3 is 2.96 bits per heavy atom. The summed E-state index contributed by atoms with van der Waals surface area (Å²) in [6.07, 6.45) is 7.50. The van der Waals surface area contributed by atoms with Crippen LogP contribution in [0.2, 0.25) is 0 Å². The summed E-state index contributed by atoms with van der Waals surface area (Å²) in [6.45, 7) is 2.27. The maximum absolute atomic E-state index is 9.73. The third-order valence-electron chi connectivity index (χ3n) is 4.96. The summed E-state index contributed by atoms with van der Waals surface area (Å²) in [5, 5.41) is 9.73. The number of morpholine rings is 1. The van der Waals surface area contributed by atoms with E-state index in [1.165, 1.54) is 30.5 Å². The number of aromatic nitrogens is 2. The van der Waals surface area contributed by atoms with Gasteiger partial charge in [-0.2, -0.15) is 0 Å². The molecule has 1 atom stereocenters. The Hall–Kier alpha value is -2.14. The van der Waals surface area contributed by atoms with E-state index in [0.29, 0.717) is 6.61 Å². The van der Waals surface area contributed by atoms with Crippen molar-refractivity contribution in [3.63, 3.8) is 0 Å². The van der Waals surface area contributed by atoms with E-state index in [4.69, 9.17) is 4.74 Å². The largest absolute Gasteiger partial charge is 0.508 e. The molecule has 5 nitrogen and oxygen atoms in total. The number of anilines is 1. The Labute approximate surface area is 142 Å². The van der Waals surface area contributed by atoms with E-state index in [1.54, 1.807) is 18.5 Å². The topological polar surface area (TPSA) is 58.5 Å². The second-order valence-electron chi connectivity index (χ2n) is 6.58. The first-order valence-corrected chi connectivity index (χ1v) is 8.79. The predicted molar refractivity (Wildman–Crippen MR) is 92.3 cm³/mol. The van der Waals surface area contributed by atoms with Gasteiger partial charge in [-0.25, -0.2) is 9.97 Å². The van der Waals surface area contributed by atoms with Crippen molar-refractivity contribution in [3.8, 4) is 5.75 Å². The van der Waals surface area contributed by atoms with Crippen molar-refractivity contribution in [2.75, 3.05) is 24.6 Å². The summed E-state index contributed by atoms with van der Waals surface area (Å²) in [6, 6.07) is 7.35. The number of aryl methyl sites for hydroxylation is 1. The van der Waals surface area contributed by atoms with Crippen LogP contribution < -0.4 is 4.90 Å². The number of fused-ring (bicyclic) bond motifs is 1. The monoisotopic (exact) mass is 325 g/mol. The number of hydrogen-bond donors (Lipinski definition) is 1. The highest BCUT2D eigenvalue weighted by Crippen LogP contribution is 2.31. The fraction of sp³-hybridized carbons (Fsp3) is 0.474. The van der Waals surface area contributed by atoms with E-state index >= 15 is 0 Å². The van der Waals surface area contributed by atoms with Crippen molar-refractivity contribution >= 4 is 5.82 Å². The summed E-state index contributed by atoms with van der Waals surface area (Å²) in [4.78, 5) is 11.5. The number of benzene rings is 1. The highest BCUT2D eigenvalue weighted by molar-refractivity contribution is 5.50. The third-order valence-corrected chi connectivity index (χ3v) is 4.96. The molecular weight excluding hydrogens is 302 g/mol. The molecule has 1 saturated heterocycles. The molecule has 126 valence electrons. The zero-order chi connectivity index (χ0) is 16.4. The third kappa shape index (κ3) is 3.08. The zero-order valence-electron chi connectivity index (χ0n) is 13.8. The molecule has 0 bridgehead atoms. The molecule has 2 aromatic rings. The van der Waals surface area contributed by atoms with Crippen molar-refractivity contribution in [2.24, 2.45) is 0 Å². The lowest BCUT2D eigenvalue weighted by atomic mass is 10.1. The first-order valence-electron chi connectivity index (χ1n) is 8.79. The van der Waals surface area contributed by atoms with Crippen LogP contribution in [0.3, 0.4) is 0 Å². The van der Waals surface area contributed by atoms with Crippen LogP contribution in [0.1, 0.15) is 42.2 Å². The molecule has 1 aromatic carbocycles. The number of rotatable bonds is 2. The number of nitrogens with zero attached hydrogens (tertiary/aromatic N) is 3. The average Bonchev–Trinajstić information content (AvgIpc) is 2.87. The molecule has 1 unspecified atom stereocenters. The van der Waals surface area contributed by atoms with Gasteiger partial charge in [-0.1, -0.05) is 18.6 Å². The number of phenolic OH excluding ortho intramolecular Hbond substituents is 1. The lowest BCUT2D eigenvalue weighted by molar-refractivity contribution is 0.0393. The van der Waals surface area contributed by atoms with Crippen molar-refractivity contribution in [1.29, 1.82) is 0 Å². The minimum atomic E-state index is -0.0396. The minimum Gasteiger partial charge on any atom is -0.508 e. The molecule has 4 rings (SSSR count). The quantitative estimate of drug-likeness (QED) is 0.860. The van der Waals surface area contributed by atoms with Gasteiger partial charge in [0.15, 0.2) is 0 Å². The molecule has 0 amide bonds. The highest BCUT2D eigenvalue weighted by atomic mass is 16.5. The van der Waals surface area contributed by atoms with Crippen LogP contribution in [0, 0.1) is 0 Å². The van der Waals surface area contributed by atoms with E-state index in [2.05, 4.69) is 14.9 Å². The molecule has 1 aliphatic carbocycles. The second kappa shape index (κ2) is 6.77. The molecule has 1 fully saturated rings.